The summed E-state index contributed by atoms with van der Waals surface area (Å²) in [5, 5.41) is 12.0. The van der Waals surface area contributed by atoms with Gasteiger partial charge in [0.25, 0.3) is 0 Å². The van der Waals surface area contributed by atoms with E-state index in [0.717, 1.165) is 11.3 Å². The molecule has 0 unspecified atom stereocenters. The third kappa shape index (κ3) is 4.99. The van der Waals surface area contributed by atoms with Crippen molar-refractivity contribution in [2.24, 2.45) is 11.8 Å². The molecule has 0 spiro atoms. The van der Waals surface area contributed by atoms with E-state index in [0.29, 0.717) is 19.3 Å². The molecule has 0 radical (unpaired) electrons. The van der Waals surface area contributed by atoms with Gasteiger partial charge in [-0.15, -0.1) is 11.8 Å². The van der Waals surface area contributed by atoms with Gasteiger partial charge in [-0.25, -0.2) is 0 Å². The Kier molecular flexibility index (Phi) is 5.40. The first-order valence-electron chi connectivity index (χ1n) is 7.99. The summed E-state index contributed by atoms with van der Waals surface area (Å²) < 4.78 is 0.146. The highest BCUT2D eigenvalue weighted by molar-refractivity contribution is 8.00. The molecule has 2 rings (SSSR count). The van der Waals surface area contributed by atoms with Crippen LogP contribution >= 0.6 is 11.8 Å². The quantitative estimate of drug-likeness (QED) is 0.804. The number of hydrogen-bond donors (Lipinski definition) is 2. The van der Waals surface area contributed by atoms with Gasteiger partial charge in [-0.05, 0) is 49.9 Å². The molecule has 2 atom stereocenters. The maximum atomic E-state index is 12.3. The molecule has 5 heteroatoms. The lowest BCUT2D eigenvalue weighted by Crippen LogP contribution is -2.22. The normalized spacial score (nSPS) is 21.2. The molecule has 0 aliphatic heterocycles. The lowest BCUT2D eigenvalue weighted by Gasteiger charge is -2.19. The second kappa shape index (κ2) is 6.95. The lowest BCUT2D eigenvalue weighted by molar-refractivity contribution is -0.141. The van der Waals surface area contributed by atoms with Crippen molar-refractivity contribution in [2.45, 2.75) is 56.6 Å². The molecule has 1 aliphatic rings. The number of rotatable bonds is 4. The van der Waals surface area contributed by atoms with E-state index in [1.54, 1.807) is 11.8 Å². The molecule has 0 saturated heterocycles. The fraction of sp³-hybridized carbons (Fsp3) is 0.556. The summed E-state index contributed by atoms with van der Waals surface area (Å²) in [6, 6.07) is 6.04. The number of thioether (sulfide) groups is 1. The molecule has 1 aliphatic carbocycles. The Morgan fingerprint density at radius 2 is 1.87 bits per heavy atom. The maximum absolute atomic E-state index is 12.3. The number of amides is 1. The molecule has 23 heavy (non-hydrogen) atoms. The van der Waals surface area contributed by atoms with Crippen LogP contribution in [0.5, 0.6) is 0 Å². The number of nitrogens with one attached hydrogen (secondary N) is 1. The predicted octanol–water partition coefficient (Wildman–Crippen LogP) is 4.33. The molecule has 1 amide bonds. The average molecular weight is 335 g/mol. The number of carboxylic acid groups (broad SMARTS) is 1. The van der Waals surface area contributed by atoms with Crippen LogP contribution in [0.1, 0.15) is 45.6 Å². The number of carbonyl (C=O) groups is 2. The van der Waals surface area contributed by atoms with E-state index < -0.39 is 5.97 Å². The van der Waals surface area contributed by atoms with Crippen LogP contribution in [0.2, 0.25) is 0 Å². The summed E-state index contributed by atoms with van der Waals surface area (Å²) in [7, 11) is 0. The minimum atomic E-state index is -0.792. The SMILES string of the molecule is Cc1cc(SC(C)(C)C)ccc1NC(=O)[C@@H]1CC[C@H](C(=O)O)C1. The van der Waals surface area contributed by atoms with Crippen LogP contribution in [0, 0.1) is 18.8 Å². The third-order valence-corrected chi connectivity index (χ3v) is 5.13. The van der Waals surface area contributed by atoms with Gasteiger partial charge in [0.15, 0.2) is 0 Å². The Labute approximate surface area is 142 Å². The van der Waals surface area contributed by atoms with Crippen LogP contribution in [0.3, 0.4) is 0 Å². The highest BCUT2D eigenvalue weighted by atomic mass is 32.2. The molecule has 1 fully saturated rings. The van der Waals surface area contributed by atoms with Gasteiger partial charge in [0.05, 0.1) is 5.92 Å². The minimum absolute atomic E-state index is 0.0620. The Bertz CT molecular complexity index is 607. The van der Waals surface area contributed by atoms with E-state index in [1.165, 1.54) is 4.90 Å². The standard InChI is InChI=1S/C18H25NO3S/c1-11-9-14(23-18(2,3)4)7-8-15(11)19-16(20)12-5-6-13(10-12)17(21)22/h7-9,12-13H,5-6,10H2,1-4H3,(H,19,20)(H,21,22)/t12-,13+/m1/s1. The van der Waals surface area contributed by atoms with Crippen LogP contribution in [-0.4, -0.2) is 21.7 Å². The van der Waals surface area contributed by atoms with Crippen molar-refractivity contribution in [3.63, 3.8) is 0 Å². The molecule has 0 heterocycles. The van der Waals surface area contributed by atoms with E-state index in [-0.39, 0.29) is 22.5 Å². The Balaban J connectivity index is 2.00. The van der Waals surface area contributed by atoms with Crippen molar-refractivity contribution in [1.29, 1.82) is 0 Å². The van der Waals surface area contributed by atoms with Crippen LogP contribution < -0.4 is 5.32 Å². The molecule has 1 aromatic carbocycles. The molecule has 4 nitrogen and oxygen atoms in total. The first-order valence-corrected chi connectivity index (χ1v) is 8.80. The largest absolute Gasteiger partial charge is 0.481 e. The molecule has 0 bridgehead atoms. The summed E-state index contributed by atoms with van der Waals surface area (Å²) in [6.07, 6.45) is 1.69. The molecule has 0 aromatic heterocycles. The van der Waals surface area contributed by atoms with Gasteiger partial charge < -0.3 is 10.4 Å². The van der Waals surface area contributed by atoms with Crippen molar-refractivity contribution in [3.8, 4) is 0 Å². The Morgan fingerprint density at radius 3 is 2.39 bits per heavy atom. The highest BCUT2D eigenvalue weighted by Crippen LogP contribution is 2.35. The summed E-state index contributed by atoms with van der Waals surface area (Å²) in [4.78, 5) is 24.5. The second-order valence-electron chi connectivity index (χ2n) is 7.23. The van der Waals surface area contributed by atoms with Gasteiger partial charge in [-0.1, -0.05) is 20.8 Å². The minimum Gasteiger partial charge on any atom is -0.481 e. The van der Waals surface area contributed by atoms with Gasteiger partial charge in [0, 0.05) is 21.2 Å². The van der Waals surface area contributed by atoms with Gasteiger partial charge in [-0.2, -0.15) is 0 Å². The zero-order valence-electron chi connectivity index (χ0n) is 14.2. The first-order chi connectivity index (χ1) is 10.7. The van der Waals surface area contributed by atoms with Gasteiger partial charge in [0.1, 0.15) is 0 Å². The zero-order valence-corrected chi connectivity index (χ0v) is 15.0. The molecular formula is C18H25NO3S. The fourth-order valence-electron chi connectivity index (χ4n) is 2.87. The number of carbonyl (C=O) groups excluding carboxylic acids is 1. The molecule has 126 valence electrons. The predicted molar refractivity (Wildman–Crippen MR) is 93.9 cm³/mol. The second-order valence-corrected chi connectivity index (χ2v) is 9.13. The summed E-state index contributed by atoms with van der Waals surface area (Å²) in [6.45, 7) is 8.49. The smallest absolute Gasteiger partial charge is 0.306 e. The van der Waals surface area contributed by atoms with Gasteiger partial charge in [0.2, 0.25) is 5.91 Å². The van der Waals surface area contributed by atoms with Gasteiger partial charge >= 0.3 is 5.97 Å². The van der Waals surface area contributed by atoms with Crippen LogP contribution in [0.25, 0.3) is 0 Å². The maximum Gasteiger partial charge on any atom is 0.306 e. The average Bonchev–Trinajstić information content (AvgIpc) is 2.90. The third-order valence-electron chi connectivity index (χ3n) is 4.03. The zero-order chi connectivity index (χ0) is 17.2. The molecule has 1 saturated carbocycles. The molecular weight excluding hydrogens is 310 g/mol. The number of anilines is 1. The van der Waals surface area contributed by atoms with Crippen molar-refractivity contribution in [3.05, 3.63) is 23.8 Å². The van der Waals surface area contributed by atoms with Crippen LogP contribution in [0.4, 0.5) is 5.69 Å². The van der Waals surface area contributed by atoms with E-state index >= 15 is 0 Å². The van der Waals surface area contributed by atoms with Gasteiger partial charge in [-0.3, -0.25) is 9.59 Å². The first kappa shape index (κ1) is 17.9. The van der Waals surface area contributed by atoms with E-state index in [1.807, 2.05) is 19.1 Å². The van der Waals surface area contributed by atoms with E-state index in [4.69, 9.17) is 5.11 Å². The fourth-order valence-corrected chi connectivity index (χ4v) is 3.95. The monoisotopic (exact) mass is 335 g/mol. The summed E-state index contributed by atoms with van der Waals surface area (Å²) in [5.41, 5.74) is 1.84. The number of carboxylic acids is 1. The van der Waals surface area contributed by atoms with Crippen LogP contribution in [-0.2, 0) is 9.59 Å². The van der Waals surface area contributed by atoms with E-state index in [2.05, 4.69) is 32.2 Å². The van der Waals surface area contributed by atoms with Crippen molar-refractivity contribution in [2.75, 3.05) is 5.32 Å². The topological polar surface area (TPSA) is 66.4 Å². The van der Waals surface area contributed by atoms with Crippen molar-refractivity contribution < 1.29 is 14.7 Å². The number of aliphatic carboxylic acids is 1. The number of aryl methyl sites for hydroxylation is 1. The lowest BCUT2D eigenvalue weighted by atomic mass is 10.0. The van der Waals surface area contributed by atoms with E-state index in [9.17, 15) is 9.59 Å². The molecule has 1 aromatic rings. The summed E-state index contributed by atoms with van der Waals surface area (Å²) in [5.74, 6) is -1.43. The van der Waals surface area contributed by atoms with Crippen molar-refractivity contribution in [1.82, 2.24) is 0 Å². The van der Waals surface area contributed by atoms with Crippen LogP contribution in [0.15, 0.2) is 23.1 Å². The Hall–Kier alpha value is -1.49. The van der Waals surface area contributed by atoms with Crippen molar-refractivity contribution >= 4 is 29.3 Å². The highest BCUT2D eigenvalue weighted by Gasteiger charge is 2.33. The number of hydrogen-bond acceptors (Lipinski definition) is 3. The molecule has 2 N–H and O–H groups in total. The summed E-state index contributed by atoms with van der Waals surface area (Å²) >= 11 is 1.79. The number of benzene rings is 1. The Morgan fingerprint density at radius 1 is 1.22 bits per heavy atom.